The molecule has 0 aromatic heterocycles. The quantitative estimate of drug-likeness (QED) is 0.843. The average Bonchev–Trinajstić information content (AvgIpc) is 2.38. The van der Waals surface area contributed by atoms with Crippen molar-refractivity contribution in [2.45, 2.75) is 32.0 Å². The number of carbonyl (C=O) groups excluding carboxylic acids is 1. The second kappa shape index (κ2) is 8.89. The summed E-state index contributed by atoms with van der Waals surface area (Å²) in [5.41, 5.74) is -0.218. The third-order valence-corrected chi connectivity index (χ3v) is 2.87. The Balaban J connectivity index is 0.00000400. The first kappa shape index (κ1) is 19.7. The van der Waals surface area contributed by atoms with Gasteiger partial charge in [-0.25, -0.2) is 0 Å². The largest absolute Gasteiger partial charge is 0.416 e. The van der Waals surface area contributed by atoms with Gasteiger partial charge in [-0.15, -0.1) is 12.4 Å². The van der Waals surface area contributed by atoms with Crippen LogP contribution in [0.4, 0.5) is 13.2 Å². The lowest BCUT2D eigenvalue weighted by Gasteiger charge is -2.20. The van der Waals surface area contributed by atoms with E-state index in [1.165, 1.54) is 6.07 Å². The monoisotopic (exact) mass is 324 g/mol. The average molecular weight is 325 g/mol. The summed E-state index contributed by atoms with van der Waals surface area (Å²) >= 11 is 0. The number of likely N-dealkylation sites (N-methyl/N-ethyl adjacent to an activating group) is 1. The lowest BCUT2D eigenvalue weighted by Crippen LogP contribution is -2.35. The third-order valence-electron chi connectivity index (χ3n) is 2.87. The van der Waals surface area contributed by atoms with Gasteiger partial charge in [-0.3, -0.25) is 4.79 Å². The van der Waals surface area contributed by atoms with Gasteiger partial charge < -0.3 is 10.6 Å². The summed E-state index contributed by atoms with van der Waals surface area (Å²) in [5, 5.41) is 5.46. The van der Waals surface area contributed by atoms with Crippen LogP contribution in [0.5, 0.6) is 0 Å². The minimum Gasteiger partial charge on any atom is -0.348 e. The molecule has 0 aliphatic heterocycles. The fraction of sp³-hybridized carbons (Fsp3) is 0.500. The maximum absolute atomic E-state index is 12.7. The Kier molecular flexibility index (Phi) is 8.36. The summed E-state index contributed by atoms with van der Waals surface area (Å²) in [6.07, 6.45) is -3.01. The molecule has 21 heavy (non-hydrogen) atoms. The molecule has 2 N–H and O–H groups in total. The Morgan fingerprint density at radius 2 is 2.00 bits per heavy atom. The van der Waals surface area contributed by atoms with Crippen molar-refractivity contribution < 1.29 is 18.0 Å². The summed E-state index contributed by atoms with van der Waals surface area (Å²) in [6, 6.07) is 4.70. The first-order chi connectivity index (χ1) is 9.38. The zero-order valence-corrected chi connectivity index (χ0v) is 12.8. The van der Waals surface area contributed by atoms with Gasteiger partial charge in [-0.05, 0) is 31.2 Å². The van der Waals surface area contributed by atoms with Crippen molar-refractivity contribution in [1.82, 2.24) is 10.6 Å². The summed E-state index contributed by atoms with van der Waals surface area (Å²) in [6.45, 7) is 2.06. The van der Waals surface area contributed by atoms with E-state index in [2.05, 4.69) is 10.6 Å². The highest BCUT2D eigenvalue weighted by molar-refractivity contribution is 5.85. The van der Waals surface area contributed by atoms with Crippen LogP contribution in [0.25, 0.3) is 0 Å². The smallest absolute Gasteiger partial charge is 0.348 e. The molecule has 7 heteroatoms. The van der Waals surface area contributed by atoms with Gasteiger partial charge in [0.05, 0.1) is 18.2 Å². The normalized spacial score (nSPS) is 12.4. The first-order valence-electron chi connectivity index (χ1n) is 6.49. The minimum absolute atomic E-state index is 0. The van der Waals surface area contributed by atoms with E-state index in [0.29, 0.717) is 12.0 Å². The molecule has 0 heterocycles. The van der Waals surface area contributed by atoms with Gasteiger partial charge in [0.2, 0.25) is 5.91 Å². The molecule has 1 unspecified atom stereocenters. The fourth-order valence-electron chi connectivity index (χ4n) is 1.95. The van der Waals surface area contributed by atoms with Crippen LogP contribution in [-0.4, -0.2) is 19.5 Å². The molecule has 1 aromatic carbocycles. The number of halogens is 4. The first-order valence-corrected chi connectivity index (χ1v) is 6.49. The van der Waals surface area contributed by atoms with E-state index in [1.807, 2.05) is 6.92 Å². The van der Waals surface area contributed by atoms with Gasteiger partial charge in [-0.2, -0.15) is 13.2 Å². The van der Waals surface area contributed by atoms with E-state index in [1.54, 1.807) is 13.1 Å². The molecule has 3 nitrogen and oxygen atoms in total. The molecule has 120 valence electrons. The molecule has 0 saturated heterocycles. The van der Waals surface area contributed by atoms with Crippen LogP contribution in [0.15, 0.2) is 24.3 Å². The lowest BCUT2D eigenvalue weighted by atomic mass is 10.00. The van der Waals surface area contributed by atoms with Crippen LogP contribution in [0.3, 0.4) is 0 Å². The van der Waals surface area contributed by atoms with Crippen LogP contribution in [0.2, 0.25) is 0 Å². The second-order valence-corrected chi connectivity index (χ2v) is 4.56. The summed E-state index contributed by atoms with van der Waals surface area (Å²) in [7, 11) is 1.64. The standard InChI is InChI=1S/C14H19F3N2O.ClH/c1-3-5-12(19-13(20)9-18-2)10-6-4-7-11(8-10)14(15,16)17;/h4,6-8,12,18H,3,5,9H2,1-2H3,(H,19,20);1H. The van der Waals surface area contributed by atoms with Crippen molar-refractivity contribution in [2.24, 2.45) is 0 Å². The number of rotatable bonds is 6. The van der Waals surface area contributed by atoms with Crippen LogP contribution in [0, 0.1) is 0 Å². The highest BCUT2D eigenvalue weighted by atomic mass is 35.5. The second-order valence-electron chi connectivity index (χ2n) is 4.56. The molecule has 0 aliphatic carbocycles. The van der Waals surface area contributed by atoms with Crippen LogP contribution in [-0.2, 0) is 11.0 Å². The predicted octanol–water partition coefficient (Wildman–Crippen LogP) is 3.30. The van der Waals surface area contributed by atoms with Crippen LogP contribution in [0.1, 0.15) is 36.9 Å². The maximum atomic E-state index is 12.7. The SMILES string of the molecule is CCCC(NC(=O)CNC)c1cccc(C(F)(F)F)c1.Cl. The molecular formula is C14H20ClF3N2O. The highest BCUT2D eigenvalue weighted by Gasteiger charge is 2.31. The maximum Gasteiger partial charge on any atom is 0.416 e. The van der Waals surface area contributed by atoms with E-state index < -0.39 is 17.8 Å². The predicted molar refractivity (Wildman–Crippen MR) is 78.4 cm³/mol. The molecule has 1 amide bonds. The topological polar surface area (TPSA) is 41.1 Å². The van der Waals surface area contributed by atoms with Gasteiger partial charge in [0.15, 0.2) is 0 Å². The Morgan fingerprint density at radius 1 is 1.33 bits per heavy atom. The van der Waals surface area contributed by atoms with Gasteiger partial charge >= 0.3 is 6.18 Å². The Morgan fingerprint density at radius 3 is 2.52 bits per heavy atom. The molecule has 0 bridgehead atoms. The molecular weight excluding hydrogens is 305 g/mol. The van der Waals surface area contributed by atoms with E-state index >= 15 is 0 Å². The number of nitrogens with one attached hydrogen (secondary N) is 2. The molecule has 1 atom stereocenters. The Hall–Kier alpha value is -1.27. The summed E-state index contributed by atoms with van der Waals surface area (Å²) < 4.78 is 38.1. The molecule has 0 saturated carbocycles. The van der Waals surface area contributed by atoms with Crippen molar-refractivity contribution in [1.29, 1.82) is 0 Å². The van der Waals surface area contributed by atoms with E-state index in [0.717, 1.165) is 18.6 Å². The van der Waals surface area contributed by atoms with Crippen molar-refractivity contribution in [2.75, 3.05) is 13.6 Å². The number of hydrogen-bond acceptors (Lipinski definition) is 2. The fourth-order valence-corrected chi connectivity index (χ4v) is 1.95. The molecule has 1 rings (SSSR count). The summed E-state index contributed by atoms with van der Waals surface area (Å²) in [4.78, 5) is 11.6. The number of alkyl halides is 3. The lowest BCUT2D eigenvalue weighted by molar-refractivity contribution is -0.137. The Bertz CT molecular complexity index is 452. The van der Waals surface area contributed by atoms with E-state index in [-0.39, 0.29) is 24.9 Å². The van der Waals surface area contributed by atoms with E-state index in [9.17, 15) is 18.0 Å². The van der Waals surface area contributed by atoms with Gasteiger partial charge in [0, 0.05) is 0 Å². The minimum atomic E-state index is -4.37. The highest BCUT2D eigenvalue weighted by Crippen LogP contribution is 2.31. The number of carbonyl (C=O) groups is 1. The molecule has 0 radical (unpaired) electrons. The van der Waals surface area contributed by atoms with Gasteiger partial charge in [0.25, 0.3) is 0 Å². The number of amides is 1. The van der Waals surface area contributed by atoms with Crippen molar-refractivity contribution >= 4 is 18.3 Å². The zero-order chi connectivity index (χ0) is 15.2. The van der Waals surface area contributed by atoms with Crippen molar-refractivity contribution in [3.63, 3.8) is 0 Å². The van der Waals surface area contributed by atoms with Crippen LogP contribution < -0.4 is 10.6 Å². The van der Waals surface area contributed by atoms with E-state index in [4.69, 9.17) is 0 Å². The summed E-state index contributed by atoms with van der Waals surface area (Å²) in [5.74, 6) is -0.233. The number of benzene rings is 1. The molecule has 0 aliphatic rings. The van der Waals surface area contributed by atoms with Gasteiger partial charge in [0.1, 0.15) is 0 Å². The van der Waals surface area contributed by atoms with Crippen molar-refractivity contribution in [3.8, 4) is 0 Å². The molecule has 0 fully saturated rings. The molecule has 0 spiro atoms. The zero-order valence-electron chi connectivity index (χ0n) is 12.0. The van der Waals surface area contributed by atoms with Gasteiger partial charge in [-0.1, -0.05) is 25.5 Å². The third kappa shape index (κ3) is 6.35. The van der Waals surface area contributed by atoms with Crippen molar-refractivity contribution in [3.05, 3.63) is 35.4 Å². The van der Waals surface area contributed by atoms with Crippen LogP contribution >= 0.6 is 12.4 Å². The number of hydrogen-bond donors (Lipinski definition) is 2. The Labute approximate surface area is 128 Å². The molecule has 1 aromatic rings.